The number of ketones is 1. The molecule has 1 amide bonds. The van der Waals surface area contributed by atoms with Crippen LogP contribution in [0.3, 0.4) is 0 Å². The summed E-state index contributed by atoms with van der Waals surface area (Å²) in [6.45, 7) is 6.00. The Morgan fingerprint density at radius 3 is 2.27 bits per heavy atom. The summed E-state index contributed by atoms with van der Waals surface area (Å²) in [5, 5.41) is 0. The van der Waals surface area contributed by atoms with Crippen LogP contribution in [0.1, 0.15) is 19.3 Å². The van der Waals surface area contributed by atoms with E-state index in [2.05, 4.69) is 13.2 Å². The van der Waals surface area contributed by atoms with Crippen LogP contribution < -0.4 is 5.73 Å². The van der Waals surface area contributed by atoms with Gasteiger partial charge in [-0.3, -0.25) is 9.59 Å². The molecule has 1 atom stereocenters. The maximum absolute atomic E-state index is 10.7. The van der Waals surface area contributed by atoms with E-state index < -0.39 is 11.8 Å². The fourth-order valence-corrected chi connectivity index (χ4v) is 1.12. The zero-order valence-electron chi connectivity index (χ0n) is 6.51. The topological polar surface area (TPSA) is 60.2 Å². The van der Waals surface area contributed by atoms with Crippen LogP contribution >= 0.6 is 0 Å². The monoisotopic (exact) mass is 155 g/mol. The van der Waals surface area contributed by atoms with Crippen molar-refractivity contribution in [2.75, 3.05) is 0 Å². The van der Waals surface area contributed by atoms with Gasteiger partial charge in [0.15, 0.2) is 0 Å². The van der Waals surface area contributed by atoms with Crippen molar-refractivity contribution in [2.45, 2.75) is 19.3 Å². The SMILES string of the molecule is C=C.NC(=O)C1CCCC1=O. The van der Waals surface area contributed by atoms with Gasteiger partial charge in [-0.15, -0.1) is 13.2 Å². The third kappa shape index (κ3) is 2.53. The van der Waals surface area contributed by atoms with Crippen LogP contribution in [0.25, 0.3) is 0 Å². The van der Waals surface area contributed by atoms with Gasteiger partial charge in [-0.1, -0.05) is 0 Å². The predicted octanol–water partition coefficient (Wildman–Crippen LogP) is 0.643. The van der Waals surface area contributed by atoms with Gasteiger partial charge in [0.05, 0.1) is 5.92 Å². The first-order valence-electron chi connectivity index (χ1n) is 3.54. The molecule has 1 fully saturated rings. The van der Waals surface area contributed by atoms with E-state index in [0.29, 0.717) is 12.8 Å². The molecule has 1 aliphatic carbocycles. The van der Waals surface area contributed by atoms with E-state index in [9.17, 15) is 9.59 Å². The standard InChI is InChI=1S/C6H9NO2.C2H4/c7-6(9)4-2-1-3-5(4)8;1-2/h4H,1-3H2,(H2,7,9);1-2H2. The van der Waals surface area contributed by atoms with Gasteiger partial charge in [0, 0.05) is 6.42 Å². The molecule has 0 aromatic carbocycles. The minimum Gasteiger partial charge on any atom is -0.369 e. The molecule has 0 bridgehead atoms. The van der Waals surface area contributed by atoms with Crippen LogP contribution in [0.2, 0.25) is 0 Å². The average Bonchev–Trinajstić information content (AvgIpc) is 2.39. The van der Waals surface area contributed by atoms with Crippen LogP contribution in [0.5, 0.6) is 0 Å². The number of nitrogens with two attached hydrogens (primary N) is 1. The van der Waals surface area contributed by atoms with E-state index in [1.807, 2.05) is 0 Å². The van der Waals surface area contributed by atoms with E-state index in [0.717, 1.165) is 6.42 Å². The van der Waals surface area contributed by atoms with Gasteiger partial charge in [0.1, 0.15) is 5.78 Å². The summed E-state index contributed by atoms with van der Waals surface area (Å²) in [5.41, 5.74) is 4.93. The lowest BCUT2D eigenvalue weighted by atomic mass is 10.1. The Morgan fingerprint density at radius 1 is 1.55 bits per heavy atom. The summed E-state index contributed by atoms with van der Waals surface area (Å²) in [5.74, 6) is -0.912. The molecular formula is C8H13NO2. The van der Waals surface area contributed by atoms with Gasteiger partial charge in [0.2, 0.25) is 5.91 Å². The largest absolute Gasteiger partial charge is 0.369 e. The second-order valence-electron chi connectivity index (χ2n) is 2.31. The number of Topliss-reactive ketones (excluding diaryl/α,β-unsaturated/α-hetero) is 1. The summed E-state index contributed by atoms with van der Waals surface area (Å²) in [6, 6.07) is 0. The zero-order chi connectivity index (χ0) is 8.85. The fraction of sp³-hybridized carbons (Fsp3) is 0.500. The molecule has 1 aliphatic rings. The molecule has 3 nitrogen and oxygen atoms in total. The Balaban J connectivity index is 0.000000461. The van der Waals surface area contributed by atoms with Gasteiger partial charge < -0.3 is 5.73 Å². The Kier molecular flexibility index (Phi) is 4.18. The summed E-state index contributed by atoms with van der Waals surface area (Å²) in [7, 11) is 0. The van der Waals surface area contributed by atoms with E-state index in [4.69, 9.17) is 5.73 Å². The lowest BCUT2D eigenvalue weighted by molar-refractivity contribution is -0.130. The van der Waals surface area contributed by atoms with Crippen molar-refractivity contribution in [3.63, 3.8) is 0 Å². The molecule has 2 N–H and O–H groups in total. The zero-order valence-corrected chi connectivity index (χ0v) is 6.51. The van der Waals surface area contributed by atoms with Gasteiger partial charge in [-0.25, -0.2) is 0 Å². The van der Waals surface area contributed by atoms with Crippen molar-refractivity contribution in [3.05, 3.63) is 13.2 Å². The van der Waals surface area contributed by atoms with Crippen molar-refractivity contribution in [1.82, 2.24) is 0 Å². The molecule has 1 rings (SSSR count). The van der Waals surface area contributed by atoms with E-state index in [-0.39, 0.29) is 5.78 Å². The molecule has 0 spiro atoms. The van der Waals surface area contributed by atoms with Crippen molar-refractivity contribution >= 4 is 11.7 Å². The quantitative estimate of drug-likeness (QED) is 0.446. The molecule has 62 valence electrons. The maximum Gasteiger partial charge on any atom is 0.227 e. The van der Waals surface area contributed by atoms with Crippen LogP contribution in [0.4, 0.5) is 0 Å². The molecule has 0 aromatic heterocycles. The summed E-state index contributed by atoms with van der Waals surface area (Å²) in [6.07, 6.45) is 2.02. The first-order valence-corrected chi connectivity index (χ1v) is 3.54. The Hall–Kier alpha value is -1.12. The molecule has 1 saturated carbocycles. The predicted molar refractivity (Wildman–Crippen MR) is 42.8 cm³/mol. The number of rotatable bonds is 1. The minimum absolute atomic E-state index is 0.0162. The summed E-state index contributed by atoms with van der Waals surface area (Å²) < 4.78 is 0. The van der Waals surface area contributed by atoms with Gasteiger partial charge in [0.25, 0.3) is 0 Å². The highest BCUT2D eigenvalue weighted by molar-refractivity contribution is 6.01. The molecule has 0 saturated heterocycles. The number of hydrogen-bond acceptors (Lipinski definition) is 2. The molecule has 0 heterocycles. The maximum atomic E-state index is 10.7. The average molecular weight is 155 g/mol. The molecule has 0 aromatic rings. The Morgan fingerprint density at radius 2 is 2.09 bits per heavy atom. The van der Waals surface area contributed by atoms with Crippen LogP contribution in [0.15, 0.2) is 13.2 Å². The molecule has 1 unspecified atom stereocenters. The van der Waals surface area contributed by atoms with Crippen molar-refractivity contribution in [1.29, 1.82) is 0 Å². The molecule has 0 aliphatic heterocycles. The van der Waals surface area contributed by atoms with Crippen molar-refractivity contribution < 1.29 is 9.59 Å². The Bertz CT molecular complexity index is 165. The highest BCUT2D eigenvalue weighted by atomic mass is 16.2. The number of primary amides is 1. The summed E-state index contributed by atoms with van der Waals surface area (Å²) in [4.78, 5) is 21.1. The second kappa shape index (κ2) is 4.66. The third-order valence-electron chi connectivity index (χ3n) is 1.65. The van der Waals surface area contributed by atoms with Gasteiger partial charge >= 0.3 is 0 Å². The van der Waals surface area contributed by atoms with E-state index >= 15 is 0 Å². The first kappa shape index (κ1) is 9.88. The van der Waals surface area contributed by atoms with Gasteiger partial charge in [-0.05, 0) is 12.8 Å². The molecule has 11 heavy (non-hydrogen) atoms. The number of hydrogen-bond donors (Lipinski definition) is 1. The van der Waals surface area contributed by atoms with Crippen molar-refractivity contribution in [2.24, 2.45) is 11.7 Å². The lowest BCUT2D eigenvalue weighted by Gasteiger charge is -1.98. The molecule has 0 radical (unpaired) electrons. The highest BCUT2D eigenvalue weighted by Crippen LogP contribution is 2.20. The number of carbonyl (C=O) groups is 2. The normalized spacial score (nSPS) is 22.2. The summed E-state index contributed by atoms with van der Waals surface area (Å²) >= 11 is 0. The van der Waals surface area contributed by atoms with E-state index in [1.165, 1.54) is 0 Å². The molecular weight excluding hydrogens is 142 g/mol. The smallest absolute Gasteiger partial charge is 0.227 e. The third-order valence-corrected chi connectivity index (χ3v) is 1.65. The second-order valence-corrected chi connectivity index (χ2v) is 2.31. The first-order chi connectivity index (χ1) is 5.22. The number of carbonyl (C=O) groups excluding carboxylic acids is 2. The van der Waals surface area contributed by atoms with Crippen LogP contribution in [-0.2, 0) is 9.59 Å². The highest BCUT2D eigenvalue weighted by Gasteiger charge is 2.28. The van der Waals surface area contributed by atoms with Gasteiger partial charge in [-0.2, -0.15) is 0 Å². The molecule has 3 heteroatoms. The number of amides is 1. The van der Waals surface area contributed by atoms with E-state index in [1.54, 1.807) is 0 Å². The lowest BCUT2D eigenvalue weighted by Crippen LogP contribution is -2.25. The minimum atomic E-state index is -0.468. The van der Waals surface area contributed by atoms with Crippen molar-refractivity contribution in [3.8, 4) is 0 Å². The fourth-order valence-electron chi connectivity index (χ4n) is 1.12. The Labute approximate surface area is 66.3 Å². The van der Waals surface area contributed by atoms with Crippen LogP contribution in [-0.4, -0.2) is 11.7 Å². The van der Waals surface area contributed by atoms with Crippen LogP contribution in [0, 0.1) is 5.92 Å².